The molecule has 2 saturated heterocycles. The Hall–Kier alpha value is -2.65. The van der Waals surface area contributed by atoms with Crippen LogP contribution in [0.5, 0.6) is 0 Å². The van der Waals surface area contributed by atoms with Gasteiger partial charge in [0.15, 0.2) is 0 Å². The predicted molar refractivity (Wildman–Crippen MR) is 111 cm³/mol. The molecule has 9 nitrogen and oxygen atoms in total. The number of carbonyl (C=O) groups is 2. The first-order chi connectivity index (χ1) is 14.6. The molecule has 2 aliphatic heterocycles. The Bertz CT molecular complexity index is 914. The fourth-order valence-corrected chi connectivity index (χ4v) is 4.41. The van der Waals surface area contributed by atoms with Gasteiger partial charge in [0.2, 0.25) is 0 Å². The summed E-state index contributed by atoms with van der Waals surface area (Å²) in [6, 6.07) is 5.47. The minimum Gasteiger partial charge on any atom is -0.396 e. The minimum absolute atomic E-state index is 0.0116. The lowest BCUT2D eigenvalue weighted by atomic mass is 10.1. The van der Waals surface area contributed by atoms with Gasteiger partial charge in [0.1, 0.15) is 0 Å². The number of imidazole rings is 1. The molecule has 2 aromatic rings. The maximum absolute atomic E-state index is 12.9. The standard InChI is InChI=1S/C21H29N5O4/c27-11-6-16-2-1-8-26(16)20(29)15-3-4-19-18(12-15)23-14-25(19)10-7-22-21(30)24-9-5-17(28)13-24/h3-4,12,14,16-17,27-28H,1-2,5-11,13H2,(H,22,30). The number of carbonyl (C=O) groups excluding carboxylic acids is 2. The highest BCUT2D eigenvalue weighted by Crippen LogP contribution is 2.24. The largest absolute Gasteiger partial charge is 0.396 e. The number of hydrogen-bond acceptors (Lipinski definition) is 5. The summed E-state index contributed by atoms with van der Waals surface area (Å²) >= 11 is 0. The molecule has 1 aromatic heterocycles. The van der Waals surface area contributed by atoms with E-state index in [9.17, 15) is 19.8 Å². The molecule has 4 rings (SSSR count). The number of rotatable bonds is 6. The van der Waals surface area contributed by atoms with Crippen LogP contribution in [0.4, 0.5) is 4.79 Å². The van der Waals surface area contributed by atoms with Crippen molar-refractivity contribution in [2.45, 2.75) is 44.4 Å². The van der Waals surface area contributed by atoms with Crippen LogP contribution < -0.4 is 5.32 Å². The molecule has 9 heteroatoms. The fraction of sp³-hybridized carbons (Fsp3) is 0.571. The average Bonchev–Trinajstić information content (AvgIpc) is 3.47. The normalized spacial score (nSPS) is 21.5. The third-order valence-electron chi connectivity index (χ3n) is 6.05. The van der Waals surface area contributed by atoms with Gasteiger partial charge in [-0.3, -0.25) is 4.79 Å². The molecule has 162 valence electrons. The zero-order valence-corrected chi connectivity index (χ0v) is 17.0. The van der Waals surface area contributed by atoms with Crippen molar-refractivity contribution < 1.29 is 19.8 Å². The summed E-state index contributed by atoms with van der Waals surface area (Å²) in [5.41, 5.74) is 2.26. The zero-order chi connectivity index (χ0) is 21.1. The third kappa shape index (κ3) is 4.27. The summed E-state index contributed by atoms with van der Waals surface area (Å²) in [4.78, 5) is 32.9. The first-order valence-electron chi connectivity index (χ1n) is 10.6. The van der Waals surface area contributed by atoms with Crippen molar-refractivity contribution >= 4 is 23.0 Å². The van der Waals surface area contributed by atoms with Crippen LogP contribution in [-0.2, 0) is 6.54 Å². The number of fused-ring (bicyclic) bond motifs is 1. The molecular formula is C21H29N5O4. The molecule has 1 aromatic carbocycles. The van der Waals surface area contributed by atoms with Crippen LogP contribution in [0.25, 0.3) is 11.0 Å². The lowest BCUT2D eigenvalue weighted by molar-refractivity contribution is 0.0716. The van der Waals surface area contributed by atoms with Gasteiger partial charge < -0.3 is 29.9 Å². The van der Waals surface area contributed by atoms with Crippen molar-refractivity contribution in [1.82, 2.24) is 24.7 Å². The Labute approximate surface area is 175 Å². The molecule has 0 radical (unpaired) electrons. The number of nitrogens with zero attached hydrogens (tertiary/aromatic N) is 4. The Morgan fingerprint density at radius 2 is 2.10 bits per heavy atom. The number of aromatic nitrogens is 2. The van der Waals surface area contributed by atoms with Crippen LogP contribution in [0.3, 0.4) is 0 Å². The Morgan fingerprint density at radius 1 is 1.23 bits per heavy atom. The molecule has 2 fully saturated rings. The Balaban J connectivity index is 1.37. The van der Waals surface area contributed by atoms with Crippen molar-refractivity contribution in [3.63, 3.8) is 0 Å². The smallest absolute Gasteiger partial charge is 0.317 e. The highest BCUT2D eigenvalue weighted by Gasteiger charge is 2.29. The highest BCUT2D eigenvalue weighted by molar-refractivity contribution is 5.97. The molecular weight excluding hydrogens is 386 g/mol. The van der Waals surface area contributed by atoms with Gasteiger partial charge in [0.25, 0.3) is 5.91 Å². The first kappa shape index (κ1) is 20.6. The van der Waals surface area contributed by atoms with Gasteiger partial charge in [0, 0.05) is 50.9 Å². The molecule has 3 N–H and O–H groups in total. The Kier molecular flexibility index (Phi) is 6.19. The van der Waals surface area contributed by atoms with Crippen molar-refractivity contribution in [3.8, 4) is 0 Å². The van der Waals surface area contributed by atoms with Crippen LogP contribution in [-0.4, -0.2) is 86.4 Å². The predicted octanol–water partition coefficient (Wildman–Crippen LogP) is 0.799. The zero-order valence-electron chi connectivity index (χ0n) is 17.0. The second-order valence-corrected chi connectivity index (χ2v) is 8.07. The maximum atomic E-state index is 12.9. The summed E-state index contributed by atoms with van der Waals surface area (Å²) in [6.45, 7) is 2.79. The minimum atomic E-state index is -0.426. The number of urea groups is 1. The molecule has 3 heterocycles. The highest BCUT2D eigenvalue weighted by atomic mass is 16.3. The van der Waals surface area contributed by atoms with Gasteiger partial charge in [0.05, 0.1) is 23.5 Å². The Morgan fingerprint density at radius 3 is 2.87 bits per heavy atom. The van der Waals surface area contributed by atoms with E-state index in [1.165, 1.54) is 0 Å². The van der Waals surface area contributed by atoms with Crippen molar-refractivity contribution in [1.29, 1.82) is 0 Å². The summed E-state index contributed by atoms with van der Waals surface area (Å²) in [5, 5.41) is 21.6. The quantitative estimate of drug-likeness (QED) is 0.646. The molecule has 0 saturated carbocycles. The van der Waals surface area contributed by atoms with Gasteiger partial charge in [-0.2, -0.15) is 0 Å². The van der Waals surface area contributed by atoms with Crippen LogP contribution >= 0.6 is 0 Å². The molecule has 0 aliphatic carbocycles. The van der Waals surface area contributed by atoms with Gasteiger partial charge in [-0.1, -0.05) is 0 Å². The van der Waals surface area contributed by atoms with Crippen LogP contribution in [0, 0.1) is 0 Å². The summed E-state index contributed by atoms with van der Waals surface area (Å²) in [5.74, 6) is -0.0116. The summed E-state index contributed by atoms with van der Waals surface area (Å²) < 4.78 is 1.95. The van der Waals surface area contributed by atoms with Crippen LogP contribution in [0.1, 0.15) is 36.0 Å². The van der Waals surface area contributed by atoms with Gasteiger partial charge in [-0.25, -0.2) is 9.78 Å². The first-order valence-corrected chi connectivity index (χ1v) is 10.6. The van der Waals surface area contributed by atoms with E-state index in [1.54, 1.807) is 11.2 Å². The number of aliphatic hydroxyl groups is 2. The van der Waals surface area contributed by atoms with E-state index in [0.717, 1.165) is 30.4 Å². The van der Waals surface area contributed by atoms with E-state index in [4.69, 9.17) is 0 Å². The second-order valence-electron chi connectivity index (χ2n) is 8.07. The number of amides is 3. The van der Waals surface area contributed by atoms with Gasteiger partial charge in [-0.15, -0.1) is 0 Å². The SMILES string of the molecule is O=C(NCCn1cnc2cc(C(=O)N3CCCC3CCO)ccc21)N1CCC(O)C1. The molecule has 2 aliphatic rings. The van der Waals surface area contributed by atoms with Crippen molar-refractivity contribution in [2.75, 3.05) is 32.8 Å². The molecule has 2 atom stereocenters. The van der Waals surface area contributed by atoms with Crippen molar-refractivity contribution in [2.24, 2.45) is 0 Å². The lowest BCUT2D eigenvalue weighted by Crippen LogP contribution is -2.40. The topological polar surface area (TPSA) is 111 Å². The number of nitrogens with one attached hydrogen (secondary N) is 1. The number of β-amino-alcohol motifs (C(OH)–C–C–N with tert-alkyl or cyclic N) is 1. The number of likely N-dealkylation sites (tertiary alicyclic amines) is 2. The number of hydrogen-bond donors (Lipinski definition) is 3. The van der Waals surface area contributed by atoms with E-state index in [1.807, 2.05) is 27.7 Å². The fourth-order valence-electron chi connectivity index (χ4n) is 4.41. The monoisotopic (exact) mass is 415 g/mol. The number of aliphatic hydroxyl groups excluding tert-OH is 2. The lowest BCUT2D eigenvalue weighted by Gasteiger charge is -2.24. The van der Waals surface area contributed by atoms with Gasteiger partial charge in [-0.05, 0) is 43.9 Å². The molecule has 0 spiro atoms. The van der Waals surface area contributed by atoms with Crippen LogP contribution in [0.2, 0.25) is 0 Å². The van der Waals surface area contributed by atoms with Crippen molar-refractivity contribution in [3.05, 3.63) is 30.1 Å². The summed E-state index contributed by atoms with van der Waals surface area (Å²) in [6.07, 6.45) is 4.43. The van der Waals surface area contributed by atoms with E-state index in [0.29, 0.717) is 44.6 Å². The second kappa shape index (κ2) is 9.01. The molecule has 3 amide bonds. The molecule has 30 heavy (non-hydrogen) atoms. The third-order valence-corrected chi connectivity index (χ3v) is 6.05. The molecule has 2 unspecified atom stereocenters. The number of benzene rings is 1. The van der Waals surface area contributed by atoms with E-state index >= 15 is 0 Å². The van der Waals surface area contributed by atoms with Crippen LogP contribution in [0.15, 0.2) is 24.5 Å². The summed E-state index contributed by atoms with van der Waals surface area (Å²) in [7, 11) is 0. The maximum Gasteiger partial charge on any atom is 0.317 e. The van der Waals surface area contributed by atoms with E-state index in [2.05, 4.69) is 10.3 Å². The van der Waals surface area contributed by atoms with E-state index < -0.39 is 6.10 Å². The van der Waals surface area contributed by atoms with E-state index in [-0.39, 0.29) is 24.6 Å². The molecule has 0 bridgehead atoms. The van der Waals surface area contributed by atoms with Gasteiger partial charge >= 0.3 is 6.03 Å². The average molecular weight is 415 g/mol.